The highest BCUT2D eigenvalue weighted by Gasteiger charge is 2.48. The Bertz CT molecular complexity index is 1020. The van der Waals surface area contributed by atoms with Gasteiger partial charge in [0.15, 0.2) is 0 Å². The van der Waals surface area contributed by atoms with E-state index in [1.807, 2.05) is 41.5 Å². The first-order chi connectivity index (χ1) is 26.3. The molecule has 0 bridgehead atoms. The van der Waals surface area contributed by atoms with Gasteiger partial charge in [0.1, 0.15) is 12.0 Å². The maximum atomic E-state index is 9.11. The zero-order valence-corrected chi connectivity index (χ0v) is 37.8. The normalized spacial score (nSPS) is 16.2. The molecule has 1 rings (SSSR count). The Morgan fingerprint density at radius 2 is 0.981 bits per heavy atom. The second kappa shape index (κ2) is 31.7. The van der Waals surface area contributed by atoms with E-state index in [0.717, 1.165) is 70.0 Å². The fourth-order valence-corrected chi connectivity index (χ4v) is 14.0. The molecule has 13 nitrogen and oxygen atoms in total. The van der Waals surface area contributed by atoms with E-state index in [2.05, 4.69) is 28.9 Å². The molecule has 0 spiro atoms. The van der Waals surface area contributed by atoms with Crippen LogP contribution < -0.4 is 5.84 Å². The van der Waals surface area contributed by atoms with Crippen LogP contribution >= 0.6 is 0 Å². The van der Waals surface area contributed by atoms with Gasteiger partial charge in [0.25, 0.3) is 0 Å². The molecular formula is C39H81N7O6Si2. The Morgan fingerprint density at radius 1 is 0.611 bits per heavy atom. The zero-order chi connectivity index (χ0) is 39.9. The van der Waals surface area contributed by atoms with Crippen molar-refractivity contribution in [1.82, 2.24) is 5.01 Å². The maximum Gasteiger partial charge on any atom is 0.504 e. The largest absolute Gasteiger partial charge is 0.504 e. The second-order valence-corrected chi connectivity index (χ2v) is 19.9. The number of unbranched alkanes of at least 4 members (excludes halogenated alkanes) is 12. The van der Waals surface area contributed by atoms with Crippen LogP contribution in [-0.4, -0.2) is 80.2 Å². The second-order valence-electron chi connectivity index (χ2n) is 14.1. The molecule has 54 heavy (non-hydrogen) atoms. The number of hydrogen-bond donors (Lipinski definition) is 1. The van der Waals surface area contributed by atoms with Crippen molar-refractivity contribution in [1.29, 1.82) is 0 Å². The van der Waals surface area contributed by atoms with E-state index < -0.39 is 17.6 Å². The van der Waals surface area contributed by atoms with Crippen LogP contribution in [0.1, 0.15) is 184 Å². The molecule has 1 aliphatic rings. The predicted octanol–water partition coefficient (Wildman–Crippen LogP) is 11.2. The number of azide groups is 1. The van der Waals surface area contributed by atoms with Crippen LogP contribution in [0.5, 0.6) is 0 Å². The van der Waals surface area contributed by atoms with Crippen LogP contribution in [0.2, 0.25) is 11.1 Å². The lowest BCUT2D eigenvalue weighted by atomic mass is 10.0. The lowest BCUT2D eigenvalue weighted by Gasteiger charge is -2.35. The van der Waals surface area contributed by atoms with Gasteiger partial charge in [-0.25, -0.2) is 15.8 Å². The maximum absolute atomic E-state index is 9.11. The molecule has 1 aliphatic heterocycles. The van der Waals surface area contributed by atoms with Gasteiger partial charge in [0, 0.05) is 62.1 Å². The number of guanidine groups is 1. The van der Waals surface area contributed by atoms with Crippen LogP contribution in [0.15, 0.2) is 15.1 Å². The first-order valence-electron chi connectivity index (χ1n) is 21.9. The standard InChI is InChI=1S/C39H81N7O6Si2/c1-9-35(53(47-11-3,48-12-4)49-13-5)31-27-23-19-17-21-25-29-33-37-42-38(46(41)39(43-37)44-45-40)34-30-26-22-18-20-24-28-32-36(10-2)54(50-14-6,51-15-7)52-16-8/h35-36,38H,9-34,41H2,1-8H3. The number of aliphatic imine (C=N–C) groups is 2. The van der Waals surface area contributed by atoms with Crippen molar-refractivity contribution in [3.8, 4) is 0 Å². The molecule has 316 valence electrons. The average Bonchev–Trinajstić information content (AvgIpc) is 3.15. The molecule has 0 saturated carbocycles. The van der Waals surface area contributed by atoms with Crippen LogP contribution in [0.25, 0.3) is 10.4 Å². The molecule has 3 atom stereocenters. The quantitative estimate of drug-likeness (QED) is 0.0164. The topological polar surface area (TPSA) is 158 Å². The number of hydrazine groups is 1. The highest BCUT2D eigenvalue weighted by molar-refractivity contribution is 6.62. The van der Waals surface area contributed by atoms with Crippen molar-refractivity contribution < 1.29 is 26.6 Å². The summed E-state index contributed by atoms with van der Waals surface area (Å²) < 4.78 is 37.1. The van der Waals surface area contributed by atoms with E-state index in [4.69, 9.17) is 42.9 Å². The number of nitrogens with zero attached hydrogens (tertiary/aromatic N) is 6. The first-order valence-corrected chi connectivity index (χ1v) is 25.5. The zero-order valence-electron chi connectivity index (χ0n) is 35.8. The lowest BCUT2D eigenvalue weighted by Crippen LogP contribution is -2.50. The number of hydrogen-bond acceptors (Lipinski definition) is 11. The Balaban J connectivity index is 2.41. The molecule has 0 saturated heterocycles. The minimum atomic E-state index is -2.65. The van der Waals surface area contributed by atoms with Gasteiger partial charge < -0.3 is 26.6 Å². The summed E-state index contributed by atoms with van der Waals surface area (Å²) in [5, 5.41) is 5.22. The van der Waals surface area contributed by atoms with Crippen LogP contribution in [0.4, 0.5) is 0 Å². The Hall–Kier alpha value is -1.40. The fourth-order valence-electron chi connectivity index (χ4n) is 7.59. The van der Waals surface area contributed by atoms with E-state index in [0.29, 0.717) is 50.7 Å². The monoisotopic (exact) mass is 800 g/mol. The third kappa shape index (κ3) is 18.7. The minimum absolute atomic E-state index is 0.221. The number of rotatable bonds is 36. The van der Waals surface area contributed by atoms with Gasteiger partial charge in [-0.2, -0.15) is 0 Å². The summed E-state index contributed by atoms with van der Waals surface area (Å²) in [7, 11) is -5.30. The third-order valence-electron chi connectivity index (χ3n) is 10.2. The molecule has 0 fully saturated rings. The molecule has 0 radical (unpaired) electrons. The van der Waals surface area contributed by atoms with Crippen molar-refractivity contribution in [2.75, 3.05) is 39.6 Å². The summed E-state index contributed by atoms with van der Waals surface area (Å²) in [6, 6.07) is 0. The summed E-state index contributed by atoms with van der Waals surface area (Å²) >= 11 is 0. The Kier molecular flexibility index (Phi) is 29.7. The number of nitrogens with two attached hydrogens (primary N) is 1. The van der Waals surface area contributed by atoms with E-state index in [-0.39, 0.29) is 12.1 Å². The first kappa shape index (κ1) is 50.6. The van der Waals surface area contributed by atoms with Gasteiger partial charge in [0.2, 0.25) is 5.96 Å². The van der Waals surface area contributed by atoms with Crippen LogP contribution in [-0.2, 0) is 26.6 Å². The molecule has 0 aromatic rings. The third-order valence-corrected chi connectivity index (χ3v) is 17.8. The van der Waals surface area contributed by atoms with Gasteiger partial charge in [-0.15, -0.1) is 0 Å². The summed E-state index contributed by atoms with van der Waals surface area (Å²) in [6.07, 6.45) is 21.9. The lowest BCUT2D eigenvalue weighted by molar-refractivity contribution is 0.0581. The Labute approximate surface area is 332 Å². The van der Waals surface area contributed by atoms with Gasteiger partial charge in [-0.05, 0) is 97.1 Å². The van der Waals surface area contributed by atoms with E-state index in [1.165, 1.54) is 69.2 Å². The molecular weight excluding hydrogens is 719 g/mol. The number of amidine groups is 1. The van der Waals surface area contributed by atoms with Crippen molar-refractivity contribution in [2.24, 2.45) is 20.9 Å². The van der Waals surface area contributed by atoms with Crippen molar-refractivity contribution in [2.45, 2.75) is 201 Å². The van der Waals surface area contributed by atoms with Crippen molar-refractivity contribution >= 4 is 29.4 Å². The summed E-state index contributed by atoms with van der Waals surface area (Å²) in [6.45, 7) is 20.4. The SMILES string of the molecule is CCO[Si](OCC)(OCC)C(CC)CCCCCCCCCC1=NC(CCCCCCCCCC(CC)[Si](OCC)(OCC)OCC)N(N)C(N=[N+]=[N-])=N1. The molecule has 0 aromatic carbocycles. The van der Waals surface area contributed by atoms with E-state index in [9.17, 15) is 0 Å². The highest BCUT2D eigenvalue weighted by atomic mass is 28.4. The highest BCUT2D eigenvalue weighted by Crippen LogP contribution is 2.35. The fraction of sp³-hybridized carbons (Fsp3) is 0.949. The van der Waals surface area contributed by atoms with Crippen LogP contribution in [0, 0.1) is 0 Å². The summed E-state index contributed by atoms with van der Waals surface area (Å²) in [4.78, 5) is 12.3. The molecule has 3 unspecified atom stereocenters. The van der Waals surface area contributed by atoms with Crippen molar-refractivity contribution in [3.05, 3.63) is 10.4 Å². The molecule has 0 amide bonds. The smallest absolute Gasteiger partial charge is 0.374 e. The predicted molar refractivity (Wildman–Crippen MR) is 226 cm³/mol. The van der Waals surface area contributed by atoms with Gasteiger partial charge >= 0.3 is 17.6 Å². The Morgan fingerprint density at radius 3 is 1.35 bits per heavy atom. The molecule has 2 N–H and O–H groups in total. The molecule has 15 heteroatoms. The van der Waals surface area contributed by atoms with Gasteiger partial charge in [0.05, 0.1) is 0 Å². The van der Waals surface area contributed by atoms with E-state index in [1.54, 1.807) is 0 Å². The van der Waals surface area contributed by atoms with Gasteiger partial charge in [-0.1, -0.05) is 90.9 Å². The average molecular weight is 800 g/mol. The minimum Gasteiger partial charge on any atom is -0.374 e. The summed E-state index contributed by atoms with van der Waals surface area (Å²) in [5.74, 6) is 7.28. The molecule has 0 aliphatic carbocycles. The molecule has 0 aromatic heterocycles. The van der Waals surface area contributed by atoms with Gasteiger partial charge in [-0.3, -0.25) is 5.01 Å². The van der Waals surface area contributed by atoms with E-state index >= 15 is 0 Å². The van der Waals surface area contributed by atoms with Crippen molar-refractivity contribution in [3.63, 3.8) is 0 Å². The molecule has 1 heterocycles. The van der Waals surface area contributed by atoms with Crippen LogP contribution in [0.3, 0.4) is 0 Å². The summed E-state index contributed by atoms with van der Waals surface area (Å²) in [5.41, 5.74) is 9.82.